The molecule has 1 amide bonds. The lowest BCUT2D eigenvalue weighted by Gasteiger charge is -2.20. The molecule has 0 aliphatic heterocycles. The molecule has 48 heavy (non-hydrogen) atoms. The van der Waals surface area contributed by atoms with Crippen molar-refractivity contribution >= 4 is 5.91 Å². The molecule has 286 valence electrons. The average Bonchev–Trinajstić information content (AvgIpc) is 3.09. The number of unbranched alkanes of at least 4 members (excludes halogenated alkanes) is 33. The molecule has 2 atom stereocenters. The second-order valence-corrected chi connectivity index (χ2v) is 15.1. The minimum atomic E-state index is -0.831. The maximum absolute atomic E-state index is 12.3. The maximum atomic E-state index is 12.3. The number of carbonyl (C=O) groups excluding carboxylic acids is 1. The van der Waals surface area contributed by atoms with Crippen LogP contribution in [0.5, 0.6) is 0 Å². The van der Waals surface area contributed by atoms with E-state index in [1.165, 1.54) is 199 Å². The monoisotopic (exact) mass is 678 g/mol. The van der Waals surface area contributed by atoms with E-state index >= 15 is 0 Å². The Morgan fingerprint density at radius 2 is 0.771 bits per heavy atom. The Hall–Kier alpha value is -0.870. The standard InChI is InChI=1S/C44H87NO3/c1-3-5-7-9-11-13-14-15-16-17-18-19-20-21-22-23-24-25-26-27-28-29-30-31-32-34-36-38-40-44(48)45-42(41-46)43(47)39-37-35-33-12-10-8-6-4-2/h37,39,42-43,46-47H,3-36,38,40-41H2,1-2H3,(H,45,48)/b39-37+. The lowest BCUT2D eigenvalue weighted by atomic mass is 10.0. The molecule has 0 bridgehead atoms. The van der Waals surface area contributed by atoms with Gasteiger partial charge in [0, 0.05) is 6.42 Å². The number of aliphatic hydroxyl groups is 2. The Kier molecular flexibility index (Phi) is 39.8. The van der Waals surface area contributed by atoms with Crippen molar-refractivity contribution < 1.29 is 15.0 Å². The lowest BCUT2D eigenvalue weighted by molar-refractivity contribution is -0.123. The van der Waals surface area contributed by atoms with Crippen LogP contribution in [0.3, 0.4) is 0 Å². The average molecular weight is 678 g/mol. The van der Waals surface area contributed by atoms with Crippen LogP contribution in [0.4, 0.5) is 0 Å². The minimum Gasteiger partial charge on any atom is -0.394 e. The quantitative estimate of drug-likeness (QED) is 0.0446. The highest BCUT2D eigenvalue weighted by Gasteiger charge is 2.17. The molecule has 3 N–H and O–H groups in total. The predicted molar refractivity (Wildman–Crippen MR) is 212 cm³/mol. The summed E-state index contributed by atoms with van der Waals surface area (Å²) < 4.78 is 0. The van der Waals surface area contributed by atoms with Crippen LogP contribution in [-0.4, -0.2) is 34.9 Å². The predicted octanol–water partition coefficient (Wildman–Crippen LogP) is 13.5. The van der Waals surface area contributed by atoms with E-state index in [1.807, 2.05) is 6.08 Å². The molecule has 0 saturated carbocycles. The minimum absolute atomic E-state index is 0.0627. The van der Waals surface area contributed by atoms with Crippen LogP contribution in [-0.2, 0) is 4.79 Å². The molecule has 0 radical (unpaired) electrons. The van der Waals surface area contributed by atoms with E-state index in [0.29, 0.717) is 6.42 Å². The third-order valence-electron chi connectivity index (χ3n) is 10.3. The van der Waals surface area contributed by atoms with Crippen LogP contribution < -0.4 is 5.32 Å². The number of rotatable bonds is 40. The van der Waals surface area contributed by atoms with Gasteiger partial charge in [0.25, 0.3) is 0 Å². The lowest BCUT2D eigenvalue weighted by Crippen LogP contribution is -2.45. The summed E-state index contributed by atoms with van der Waals surface area (Å²) >= 11 is 0. The fourth-order valence-corrected chi connectivity index (χ4v) is 6.89. The highest BCUT2D eigenvalue weighted by atomic mass is 16.3. The molecule has 0 heterocycles. The maximum Gasteiger partial charge on any atom is 0.220 e. The van der Waals surface area contributed by atoms with E-state index in [-0.39, 0.29) is 12.5 Å². The molecule has 0 fully saturated rings. The molecule has 0 spiro atoms. The number of nitrogens with one attached hydrogen (secondary N) is 1. The molecule has 0 rings (SSSR count). The molecule has 2 unspecified atom stereocenters. The zero-order valence-electron chi connectivity index (χ0n) is 32.8. The van der Waals surface area contributed by atoms with Crippen molar-refractivity contribution in [1.29, 1.82) is 0 Å². The van der Waals surface area contributed by atoms with Crippen LogP contribution in [0.25, 0.3) is 0 Å². The molecule has 4 heteroatoms. The molecular weight excluding hydrogens is 590 g/mol. The third-order valence-corrected chi connectivity index (χ3v) is 10.3. The number of hydrogen-bond donors (Lipinski definition) is 3. The van der Waals surface area contributed by atoms with Gasteiger partial charge in [-0.2, -0.15) is 0 Å². The van der Waals surface area contributed by atoms with Gasteiger partial charge in [0.1, 0.15) is 0 Å². The van der Waals surface area contributed by atoms with Crippen molar-refractivity contribution in [2.45, 2.75) is 257 Å². The first-order valence-electron chi connectivity index (χ1n) is 21.9. The molecular formula is C44H87NO3. The Bertz CT molecular complexity index is 651. The first kappa shape index (κ1) is 47.1. The van der Waals surface area contributed by atoms with Gasteiger partial charge in [-0.3, -0.25) is 4.79 Å². The van der Waals surface area contributed by atoms with Gasteiger partial charge < -0.3 is 15.5 Å². The normalized spacial score (nSPS) is 13.0. The SMILES string of the molecule is CCCCCCCC/C=C/C(O)C(CO)NC(=O)CCCCCCCCCCCCCCCCCCCCCCCCCCCCCC. The topological polar surface area (TPSA) is 69.6 Å². The molecule has 0 aromatic carbocycles. The third kappa shape index (κ3) is 36.4. The van der Waals surface area contributed by atoms with E-state index in [9.17, 15) is 15.0 Å². The van der Waals surface area contributed by atoms with Crippen molar-refractivity contribution in [3.8, 4) is 0 Å². The van der Waals surface area contributed by atoms with Crippen LogP contribution in [0.15, 0.2) is 12.2 Å². The van der Waals surface area contributed by atoms with Crippen LogP contribution >= 0.6 is 0 Å². The van der Waals surface area contributed by atoms with Gasteiger partial charge >= 0.3 is 0 Å². The van der Waals surface area contributed by atoms with Gasteiger partial charge in [0.05, 0.1) is 18.8 Å². The molecule has 0 aromatic rings. The Balaban J connectivity index is 3.38. The Labute approximate surface area is 301 Å². The number of amides is 1. The van der Waals surface area contributed by atoms with Gasteiger partial charge in [-0.15, -0.1) is 0 Å². The second kappa shape index (κ2) is 40.6. The highest BCUT2D eigenvalue weighted by molar-refractivity contribution is 5.76. The first-order chi connectivity index (χ1) is 23.7. The van der Waals surface area contributed by atoms with E-state index in [4.69, 9.17) is 0 Å². The zero-order chi connectivity index (χ0) is 35.0. The summed E-state index contributed by atoms with van der Waals surface area (Å²) in [6.45, 7) is 4.28. The van der Waals surface area contributed by atoms with E-state index in [1.54, 1.807) is 6.08 Å². The summed E-state index contributed by atoms with van der Waals surface area (Å²) in [5, 5.41) is 22.8. The van der Waals surface area contributed by atoms with Gasteiger partial charge in [-0.1, -0.05) is 231 Å². The summed E-state index contributed by atoms with van der Waals surface area (Å²) in [6, 6.07) is -0.614. The van der Waals surface area contributed by atoms with Gasteiger partial charge in [-0.25, -0.2) is 0 Å². The Morgan fingerprint density at radius 1 is 0.479 bits per heavy atom. The van der Waals surface area contributed by atoms with E-state index < -0.39 is 12.1 Å². The molecule has 0 aliphatic carbocycles. The summed E-state index contributed by atoms with van der Waals surface area (Å²) in [5.41, 5.74) is 0. The van der Waals surface area contributed by atoms with E-state index in [2.05, 4.69) is 19.2 Å². The van der Waals surface area contributed by atoms with Crippen molar-refractivity contribution in [2.75, 3.05) is 6.61 Å². The van der Waals surface area contributed by atoms with Gasteiger partial charge in [0.15, 0.2) is 0 Å². The number of carbonyl (C=O) groups is 1. The van der Waals surface area contributed by atoms with Crippen molar-refractivity contribution in [2.24, 2.45) is 0 Å². The van der Waals surface area contributed by atoms with Crippen molar-refractivity contribution in [1.82, 2.24) is 5.32 Å². The summed E-state index contributed by atoms with van der Waals surface area (Å²) in [7, 11) is 0. The smallest absolute Gasteiger partial charge is 0.220 e. The fraction of sp³-hybridized carbons (Fsp3) is 0.932. The van der Waals surface area contributed by atoms with Crippen LogP contribution in [0, 0.1) is 0 Å². The summed E-state index contributed by atoms with van der Waals surface area (Å²) in [6.07, 6.45) is 50.6. The molecule has 0 saturated heterocycles. The fourth-order valence-electron chi connectivity index (χ4n) is 6.89. The van der Waals surface area contributed by atoms with Crippen molar-refractivity contribution in [3.63, 3.8) is 0 Å². The number of allylic oxidation sites excluding steroid dienone is 1. The zero-order valence-corrected chi connectivity index (χ0v) is 32.8. The van der Waals surface area contributed by atoms with Gasteiger partial charge in [-0.05, 0) is 19.3 Å². The number of hydrogen-bond acceptors (Lipinski definition) is 3. The first-order valence-corrected chi connectivity index (χ1v) is 21.9. The Morgan fingerprint density at radius 3 is 1.08 bits per heavy atom. The van der Waals surface area contributed by atoms with E-state index in [0.717, 1.165) is 25.7 Å². The molecule has 4 nitrogen and oxygen atoms in total. The molecule has 0 aromatic heterocycles. The summed E-state index contributed by atoms with van der Waals surface area (Å²) in [4.78, 5) is 12.3. The molecule has 0 aliphatic rings. The second-order valence-electron chi connectivity index (χ2n) is 15.1. The highest BCUT2D eigenvalue weighted by Crippen LogP contribution is 2.16. The van der Waals surface area contributed by atoms with Crippen LogP contribution in [0.2, 0.25) is 0 Å². The van der Waals surface area contributed by atoms with Crippen LogP contribution in [0.1, 0.15) is 245 Å². The number of aliphatic hydroxyl groups excluding tert-OH is 2. The van der Waals surface area contributed by atoms with Gasteiger partial charge in [0.2, 0.25) is 5.91 Å². The summed E-state index contributed by atoms with van der Waals surface area (Å²) in [5.74, 6) is -0.0627. The largest absolute Gasteiger partial charge is 0.394 e. The van der Waals surface area contributed by atoms with Crippen molar-refractivity contribution in [3.05, 3.63) is 12.2 Å².